The van der Waals surface area contributed by atoms with Crippen LogP contribution >= 0.6 is 23.2 Å². The fraction of sp³-hybridized carbons (Fsp3) is 0.448. The van der Waals surface area contributed by atoms with E-state index in [2.05, 4.69) is 43.8 Å². The maximum absolute atomic E-state index is 9.17. The van der Waals surface area contributed by atoms with Gasteiger partial charge < -0.3 is 14.5 Å². The van der Waals surface area contributed by atoms with Gasteiger partial charge in [0.05, 0.1) is 18.1 Å². The second kappa shape index (κ2) is 13.2. The van der Waals surface area contributed by atoms with Crippen LogP contribution in [-0.2, 0) is 6.54 Å². The van der Waals surface area contributed by atoms with E-state index in [1.165, 1.54) is 0 Å². The number of piperazine rings is 1. The van der Waals surface area contributed by atoms with Gasteiger partial charge in [-0.2, -0.15) is 0 Å². The number of benzene rings is 1. The number of likely N-dealkylation sites (N-methyl/N-ethyl adjacent to an activating group) is 1. The smallest absolute Gasteiger partial charge is 0.265 e. The molecule has 0 bridgehead atoms. The van der Waals surface area contributed by atoms with Crippen LogP contribution in [0.1, 0.15) is 18.4 Å². The lowest BCUT2D eigenvalue weighted by Crippen LogP contribution is -2.45. The zero-order chi connectivity index (χ0) is 28.1. The molecule has 11 heteroatoms. The minimum atomic E-state index is 0.114. The standard InChI is InChI=1S/C29H34BCl2N7O/c1-30(20-33)16-21-3-5-38(6-4-21)19-22-11-27(23-13-24(31)15-25(32)14-23)36-28(12-22)40-26-17-34-29(35-18-26)39-9-7-37(2)8-10-39/h11-15,17-18,21H,3-10,16,19H2,1-2H3. The highest BCUT2D eigenvalue weighted by molar-refractivity contribution is 6.65. The molecule has 208 valence electrons. The number of nitriles is 1. The molecule has 0 radical (unpaired) electrons. The Morgan fingerprint density at radius 3 is 2.30 bits per heavy atom. The van der Waals surface area contributed by atoms with Gasteiger partial charge in [-0.15, -0.1) is 0 Å². The summed E-state index contributed by atoms with van der Waals surface area (Å²) in [5.41, 5.74) is 2.66. The van der Waals surface area contributed by atoms with Crippen molar-refractivity contribution in [3.8, 4) is 28.9 Å². The Morgan fingerprint density at radius 2 is 1.65 bits per heavy atom. The predicted molar refractivity (Wildman–Crippen MR) is 162 cm³/mol. The van der Waals surface area contributed by atoms with Crippen LogP contribution in [0.4, 0.5) is 5.95 Å². The zero-order valence-electron chi connectivity index (χ0n) is 23.1. The first-order valence-corrected chi connectivity index (χ1v) is 14.6. The van der Waals surface area contributed by atoms with E-state index in [0.29, 0.717) is 33.5 Å². The van der Waals surface area contributed by atoms with E-state index in [0.717, 1.165) is 81.8 Å². The fourth-order valence-electron chi connectivity index (χ4n) is 5.40. The molecule has 2 saturated heterocycles. The van der Waals surface area contributed by atoms with Crippen molar-refractivity contribution in [3.05, 3.63) is 58.3 Å². The molecular formula is C29H34BCl2N7O. The molecule has 0 amide bonds. The Morgan fingerprint density at radius 1 is 0.975 bits per heavy atom. The molecule has 0 N–H and O–H groups in total. The largest absolute Gasteiger partial charge is 0.436 e. The monoisotopic (exact) mass is 577 g/mol. The average molecular weight is 578 g/mol. The maximum Gasteiger partial charge on any atom is 0.265 e. The minimum absolute atomic E-state index is 0.114. The van der Waals surface area contributed by atoms with Crippen LogP contribution in [0.25, 0.3) is 11.3 Å². The summed E-state index contributed by atoms with van der Waals surface area (Å²) in [4.78, 5) is 20.8. The zero-order valence-corrected chi connectivity index (χ0v) is 24.6. The Balaban J connectivity index is 1.33. The van der Waals surface area contributed by atoms with Crippen LogP contribution in [0.2, 0.25) is 23.2 Å². The summed E-state index contributed by atoms with van der Waals surface area (Å²) < 4.78 is 6.19. The van der Waals surface area contributed by atoms with Crippen molar-refractivity contribution in [1.29, 1.82) is 5.26 Å². The van der Waals surface area contributed by atoms with Crippen LogP contribution in [0.3, 0.4) is 0 Å². The van der Waals surface area contributed by atoms with Crippen LogP contribution in [0.15, 0.2) is 42.7 Å². The molecule has 0 atom stereocenters. The molecule has 1 aromatic carbocycles. The quantitative estimate of drug-likeness (QED) is 0.311. The number of likely N-dealkylation sites (tertiary alicyclic amines) is 1. The van der Waals surface area contributed by atoms with Gasteiger partial charge in [0.2, 0.25) is 11.8 Å². The third-order valence-corrected chi connectivity index (χ3v) is 8.10. The van der Waals surface area contributed by atoms with Gasteiger partial charge >= 0.3 is 0 Å². The third-order valence-electron chi connectivity index (χ3n) is 7.66. The molecule has 0 unspecified atom stereocenters. The summed E-state index contributed by atoms with van der Waals surface area (Å²) >= 11 is 12.6. The Labute approximate surface area is 247 Å². The molecule has 3 aromatic rings. The van der Waals surface area contributed by atoms with E-state index in [-0.39, 0.29) is 6.71 Å². The second-order valence-corrected chi connectivity index (χ2v) is 11.8. The lowest BCUT2D eigenvalue weighted by molar-refractivity contribution is 0.185. The van der Waals surface area contributed by atoms with E-state index in [9.17, 15) is 5.26 Å². The van der Waals surface area contributed by atoms with Gasteiger partial charge in [-0.3, -0.25) is 4.90 Å². The van der Waals surface area contributed by atoms with E-state index in [1.807, 2.05) is 25.0 Å². The number of pyridine rings is 1. The van der Waals surface area contributed by atoms with Gasteiger partial charge in [-0.1, -0.05) is 36.3 Å². The van der Waals surface area contributed by atoms with Crippen molar-refractivity contribution in [2.24, 2.45) is 5.92 Å². The second-order valence-electron chi connectivity index (χ2n) is 11.0. The lowest BCUT2D eigenvalue weighted by atomic mass is 9.48. The van der Waals surface area contributed by atoms with E-state index >= 15 is 0 Å². The molecule has 0 saturated carbocycles. The molecule has 5 rings (SSSR count). The highest BCUT2D eigenvalue weighted by atomic mass is 35.5. The summed E-state index contributed by atoms with van der Waals surface area (Å²) in [7, 11) is 2.13. The number of ether oxygens (including phenoxy) is 1. The Hall–Kier alpha value is -2.90. The van der Waals surface area contributed by atoms with Crippen molar-refractivity contribution in [2.75, 3.05) is 51.2 Å². The van der Waals surface area contributed by atoms with Gasteiger partial charge in [-0.05, 0) is 68.7 Å². The molecule has 40 heavy (non-hydrogen) atoms. The summed E-state index contributed by atoms with van der Waals surface area (Å²) in [5.74, 6) is 4.70. The molecule has 0 aliphatic carbocycles. The normalized spacial score (nSPS) is 17.0. The molecule has 2 aromatic heterocycles. The number of rotatable bonds is 8. The van der Waals surface area contributed by atoms with E-state index in [1.54, 1.807) is 18.5 Å². The highest BCUT2D eigenvalue weighted by Gasteiger charge is 2.23. The van der Waals surface area contributed by atoms with Crippen LogP contribution in [0.5, 0.6) is 11.6 Å². The number of hydrogen-bond acceptors (Lipinski definition) is 8. The molecule has 4 heterocycles. The van der Waals surface area contributed by atoms with Gasteiger partial charge in [0.1, 0.15) is 0 Å². The topological polar surface area (TPSA) is 81.4 Å². The number of aromatic nitrogens is 3. The molecule has 2 fully saturated rings. The first-order valence-electron chi connectivity index (χ1n) is 13.9. The molecule has 0 spiro atoms. The van der Waals surface area contributed by atoms with Gasteiger partial charge in [0.25, 0.3) is 6.71 Å². The number of halogens is 2. The summed E-state index contributed by atoms with van der Waals surface area (Å²) in [6.07, 6.45) is 6.60. The summed E-state index contributed by atoms with van der Waals surface area (Å²) in [6.45, 7) is 8.70. The van der Waals surface area contributed by atoms with E-state index < -0.39 is 0 Å². The third kappa shape index (κ3) is 7.64. The summed E-state index contributed by atoms with van der Waals surface area (Å²) in [6, 6.07) is 9.49. The molecule has 2 aliphatic heterocycles. The van der Waals surface area contributed by atoms with E-state index in [4.69, 9.17) is 32.9 Å². The number of anilines is 1. The van der Waals surface area contributed by atoms with Crippen LogP contribution < -0.4 is 9.64 Å². The first kappa shape index (κ1) is 28.6. The maximum atomic E-state index is 9.17. The SMILES string of the molecule is CB(C#N)CC1CCN(Cc2cc(Oc3cnc(N4CCN(C)CC4)nc3)nc(-c3cc(Cl)cc(Cl)c3)c2)CC1. The first-order chi connectivity index (χ1) is 19.3. The van der Waals surface area contributed by atoms with Crippen LogP contribution in [0, 0.1) is 17.1 Å². The highest BCUT2D eigenvalue weighted by Crippen LogP contribution is 2.31. The van der Waals surface area contributed by atoms with Crippen LogP contribution in [-0.4, -0.2) is 77.8 Å². The average Bonchev–Trinajstić information content (AvgIpc) is 2.94. The number of nitrogens with zero attached hydrogens (tertiary/aromatic N) is 7. The number of hydrogen-bond donors (Lipinski definition) is 0. The lowest BCUT2D eigenvalue weighted by Gasteiger charge is -2.32. The van der Waals surface area contributed by atoms with Crippen molar-refractivity contribution < 1.29 is 4.74 Å². The Kier molecular flexibility index (Phi) is 9.43. The molecule has 8 nitrogen and oxygen atoms in total. The Bertz CT molecular complexity index is 1320. The fourth-order valence-corrected chi connectivity index (χ4v) is 5.92. The number of piperidine rings is 1. The van der Waals surface area contributed by atoms with Crippen molar-refractivity contribution in [1.82, 2.24) is 24.8 Å². The van der Waals surface area contributed by atoms with Gasteiger partial charge in [-0.25, -0.2) is 20.2 Å². The van der Waals surface area contributed by atoms with Gasteiger partial charge in [0, 0.05) is 60.4 Å². The van der Waals surface area contributed by atoms with Crippen molar-refractivity contribution in [3.63, 3.8) is 0 Å². The van der Waals surface area contributed by atoms with Gasteiger partial charge in [0.15, 0.2) is 5.75 Å². The molecule has 2 aliphatic rings. The molecular weight excluding hydrogens is 544 g/mol. The summed E-state index contributed by atoms with van der Waals surface area (Å²) in [5, 5.41) is 10.3. The predicted octanol–water partition coefficient (Wildman–Crippen LogP) is 5.79. The van der Waals surface area contributed by atoms with Crippen molar-refractivity contribution >= 4 is 35.9 Å². The minimum Gasteiger partial charge on any atom is -0.436 e. The van der Waals surface area contributed by atoms with Crippen molar-refractivity contribution in [2.45, 2.75) is 32.5 Å².